The van der Waals surface area contributed by atoms with E-state index in [1.54, 1.807) is 42.5 Å². The number of aliphatic hydroxyl groups excluding tert-OH is 1. The quantitative estimate of drug-likeness (QED) is 0.551. The zero-order valence-corrected chi connectivity index (χ0v) is 17.4. The number of nitrogens with one attached hydrogen (secondary N) is 1. The van der Waals surface area contributed by atoms with Crippen LogP contribution in [0.15, 0.2) is 60.7 Å². The number of hydrogen-bond acceptors (Lipinski definition) is 4. The molecule has 1 heterocycles. The second-order valence-electron chi connectivity index (χ2n) is 8.26. The third-order valence-electron chi connectivity index (χ3n) is 6.07. The number of alkyl halides is 3. The van der Waals surface area contributed by atoms with E-state index >= 15 is 0 Å². The number of fused-ring (bicyclic) bond motifs is 1. The average molecular weight is 455 g/mol. The Bertz CT molecular complexity index is 1230. The van der Waals surface area contributed by atoms with Gasteiger partial charge in [0.25, 0.3) is 0 Å². The number of carbonyl (C=O) groups is 1. The molecule has 3 aromatic carbocycles. The van der Waals surface area contributed by atoms with Crippen LogP contribution in [-0.2, 0) is 23.0 Å². The van der Waals surface area contributed by atoms with Crippen LogP contribution in [0.2, 0.25) is 0 Å². The normalized spacial score (nSPS) is 15.9. The third-order valence-corrected chi connectivity index (χ3v) is 6.07. The Morgan fingerprint density at radius 1 is 0.970 bits per heavy atom. The summed E-state index contributed by atoms with van der Waals surface area (Å²) in [5.74, 6) is 0.787. The van der Waals surface area contributed by atoms with E-state index in [1.165, 1.54) is 6.07 Å². The van der Waals surface area contributed by atoms with Crippen LogP contribution in [0.3, 0.4) is 0 Å². The first-order valence-corrected chi connectivity index (χ1v) is 10.4. The Morgan fingerprint density at radius 3 is 2.48 bits per heavy atom. The molecule has 1 fully saturated rings. The molecule has 1 amide bonds. The number of aliphatic hydroxyl groups is 1. The molecule has 3 aromatic rings. The van der Waals surface area contributed by atoms with Gasteiger partial charge >= 0.3 is 6.18 Å². The molecule has 0 bridgehead atoms. The fraction of sp³-hybridized carbons (Fsp3) is 0.240. The second kappa shape index (κ2) is 7.81. The topological polar surface area (TPSA) is 67.8 Å². The van der Waals surface area contributed by atoms with E-state index in [2.05, 4.69) is 5.32 Å². The van der Waals surface area contributed by atoms with Gasteiger partial charge in [-0.15, -0.1) is 0 Å². The Kier molecular flexibility index (Phi) is 5.05. The Morgan fingerprint density at radius 2 is 1.76 bits per heavy atom. The van der Waals surface area contributed by atoms with Gasteiger partial charge in [0, 0.05) is 5.69 Å². The molecular weight excluding hydrogens is 435 g/mol. The number of halogens is 3. The molecule has 5 nitrogen and oxygen atoms in total. The van der Waals surface area contributed by atoms with Crippen molar-refractivity contribution >= 4 is 11.6 Å². The van der Waals surface area contributed by atoms with Crippen molar-refractivity contribution in [3.05, 3.63) is 77.4 Å². The van der Waals surface area contributed by atoms with E-state index in [0.717, 1.165) is 17.7 Å². The van der Waals surface area contributed by atoms with Crippen molar-refractivity contribution < 1.29 is 32.5 Å². The molecule has 0 radical (unpaired) electrons. The lowest BCUT2D eigenvalue weighted by Gasteiger charge is -2.18. The minimum atomic E-state index is -4.58. The molecule has 0 saturated heterocycles. The summed E-state index contributed by atoms with van der Waals surface area (Å²) in [4.78, 5) is 13.2. The first-order valence-electron chi connectivity index (χ1n) is 10.4. The lowest BCUT2D eigenvalue weighted by atomic mass is 9.94. The predicted octanol–water partition coefficient (Wildman–Crippen LogP) is 5.26. The molecule has 2 aliphatic rings. The van der Waals surface area contributed by atoms with Gasteiger partial charge in [0.1, 0.15) is 0 Å². The van der Waals surface area contributed by atoms with Crippen molar-refractivity contribution in [2.75, 3.05) is 12.1 Å². The van der Waals surface area contributed by atoms with Crippen LogP contribution in [0.25, 0.3) is 11.1 Å². The van der Waals surface area contributed by atoms with Gasteiger partial charge in [0.2, 0.25) is 12.7 Å². The minimum absolute atomic E-state index is 0.0613. The van der Waals surface area contributed by atoms with Crippen LogP contribution in [0.5, 0.6) is 11.5 Å². The van der Waals surface area contributed by atoms with Crippen LogP contribution in [0, 0.1) is 0 Å². The summed E-state index contributed by atoms with van der Waals surface area (Å²) in [6.07, 6.45) is -3.41. The maximum Gasteiger partial charge on any atom is 0.416 e. The highest BCUT2D eigenvalue weighted by atomic mass is 19.4. The molecule has 2 N–H and O–H groups in total. The summed E-state index contributed by atoms with van der Waals surface area (Å²) in [6.45, 7) is -0.114. The zero-order valence-electron chi connectivity index (χ0n) is 17.4. The number of ether oxygens (including phenoxy) is 2. The molecular formula is C25H20F3NO4. The SMILES string of the molecule is O=C(Nc1cc(-c2cccc(CO)c2)cc(C(F)(F)F)c1)C1(c2ccc3c(c2)OCO3)CC1. The lowest BCUT2D eigenvalue weighted by molar-refractivity contribution is -0.137. The van der Waals surface area contributed by atoms with Crippen LogP contribution >= 0.6 is 0 Å². The van der Waals surface area contributed by atoms with Crippen molar-refractivity contribution in [1.29, 1.82) is 0 Å². The Labute approximate surface area is 187 Å². The monoisotopic (exact) mass is 455 g/mol. The first-order chi connectivity index (χ1) is 15.8. The van der Waals surface area contributed by atoms with Crippen molar-refractivity contribution in [1.82, 2.24) is 0 Å². The molecule has 1 saturated carbocycles. The van der Waals surface area contributed by atoms with Gasteiger partial charge < -0.3 is 19.9 Å². The van der Waals surface area contributed by atoms with Crippen molar-refractivity contribution in [2.24, 2.45) is 0 Å². The highest BCUT2D eigenvalue weighted by Crippen LogP contribution is 2.51. The summed E-state index contributed by atoms with van der Waals surface area (Å²) in [5, 5.41) is 12.1. The number of amides is 1. The summed E-state index contributed by atoms with van der Waals surface area (Å²) in [5.41, 5.74) is 0.515. The van der Waals surface area contributed by atoms with E-state index in [1.807, 2.05) is 0 Å². The van der Waals surface area contributed by atoms with Gasteiger partial charge in [-0.1, -0.05) is 24.3 Å². The number of hydrogen-bond donors (Lipinski definition) is 2. The maximum atomic E-state index is 13.6. The summed E-state index contributed by atoms with van der Waals surface area (Å²) >= 11 is 0. The van der Waals surface area contributed by atoms with Crippen molar-refractivity contribution in [2.45, 2.75) is 31.0 Å². The first kappa shape index (κ1) is 21.3. The van der Waals surface area contributed by atoms with E-state index in [-0.39, 0.29) is 25.0 Å². The predicted molar refractivity (Wildman–Crippen MR) is 115 cm³/mol. The molecule has 8 heteroatoms. The van der Waals surface area contributed by atoms with E-state index in [4.69, 9.17) is 9.47 Å². The van der Waals surface area contributed by atoms with Crippen LogP contribution < -0.4 is 14.8 Å². The average Bonchev–Trinajstić information content (AvgIpc) is 3.49. The van der Waals surface area contributed by atoms with Gasteiger partial charge in [-0.25, -0.2) is 0 Å². The molecule has 0 spiro atoms. The van der Waals surface area contributed by atoms with Crippen LogP contribution in [0.4, 0.5) is 18.9 Å². The zero-order chi connectivity index (χ0) is 23.2. The molecule has 0 unspecified atom stereocenters. The fourth-order valence-corrected chi connectivity index (χ4v) is 4.10. The number of rotatable bonds is 5. The van der Waals surface area contributed by atoms with Crippen LogP contribution in [-0.4, -0.2) is 17.8 Å². The third kappa shape index (κ3) is 4.02. The fourth-order valence-electron chi connectivity index (χ4n) is 4.10. The highest BCUT2D eigenvalue weighted by molar-refractivity contribution is 6.02. The highest BCUT2D eigenvalue weighted by Gasteiger charge is 2.51. The van der Waals surface area contributed by atoms with Gasteiger partial charge in [0.05, 0.1) is 17.6 Å². The molecule has 0 aromatic heterocycles. The minimum Gasteiger partial charge on any atom is -0.454 e. The lowest BCUT2D eigenvalue weighted by Crippen LogP contribution is -2.28. The van der Waals surface area contributed by atoms with E-state index < -0.39 is 17.2 Å². The van der Waals surface area contributed by atoms with Crippen molar-refractivity contribution in [3.63, 3.8) is 0 Å². The van der Waals surface area contributed by atoms with E-state index in [0.29, 0.717) is 41.0 Å². The van der Waals surface area contributed by atoms with E-state index in [9.17, 15) is 23.1 Å². The number of carbonyl (C=O) groups excluding carboxylic acids is 1. The summed E-state index contributed by atoms with van der Waals surface area (Å²) in [6, 6.07) is 15.4. The number of anilines is 1. The maximum absolute atomic E-state index is 13.6. The Hall–Kier alpha value is -3.52. The summed E-state index contributed by atoms with van der Waals surface area (Å²) < 4.78 is 51.5. The molecule has 170 valence electrons. The van der Waals surface area contributed by atoms with Gasteiger partial charge in [-0.2, -0.15) is 13.2 Å². The standard InChI is InChI=1S/C25H20F3NO4/c26-25(27,28)19-9-17(16-3-1-2-15(8-16)13-30)10-20(11-19)29-23(31)24(6-7-24)18-4-5-21-22(12-18)33-14-32-21/h1-5,8-12,30H,6-7,13-14H2,(H,29,31). The molecule has 1 aliphatic heterocycles. The molecule has 5 rings (SSSR count). The largest absolute Gasteiger partial charge is 0.454 e. The number of benzene rings is 3. The van der Waals surface area contributed by atoms with Gasteiger partial charge in [0.15, 0.2) is 11.5 Å². The second-order valence-corrected chi connectivity index (χ2v) is 8.26. The van der Waals surface area contributed by atoms with Crippen molar-refractivity contribution in [3.8, 4) is 22.6 Å². The Balaban J connectivity index is 1.48. The molecule has 0 atom stereocenters. The summed E-state index contributed by atoms with van der Waals surface area (Å²) in [7, 11) is 0. The van der Waals surface area contributed by atoms with Gasteiger partial charge in [-0.05, 0) is 71.5 Å². The molecule has 1 aliphatic carbocycles. The smallest absolute Gasteiger partial charge is 0.416 e. The van der Waals surface area contributed by atoms with Crippen LogP contribution in [0.1, 0.15) is 29.5 Å². The van der Waals surface area contributed by atoms with Gasteiger partial charge in [-0.3, -0.25) is 4.79 Å². The molecule has 33 heavy (non-hydrogen) atoms.